The summed E-state index contributed by atoms with van der Waals surface area (Å²) in [6.07, 6.45) is -3.16. The maximum Gasteiger partial charge on any atom is 0.490 e. The van der Waals surface area contributed by atoms with Gasteiger partial charge >= 0.3 is 12.1 Å². The molecule has 0 unspecified atom stereocenters. The van der Waals surface area contributed by atoms with E-state index in [0.717, 1.165) is 25.9 Å². The van der Waals surface area contributed by atoms with Crippen LogP contribution < -0.4 is 5.32 Å². The number of amides is 1. The Labute approximate surface area is 180 Å². The van der Waals surface area contributed by atoms with Crippen LogP contribution in [0.25, 0.3) is 0 Å². The summed E-state index contributed by atoms with van der Waals surface area (Å²) in [7, 11) is -3.55. The highest BCUT2D eigenvalue weighted by molar-refractivity contribution is 7.89. The Balaban J connectivity index is 0.000000592. The second-order valence-corrected chi connectivity index (χ2v) is 8.69. The van der Waals surface area contributed by atoms with Crippen molar-refractivity contribution in [2.24, 2.45) is 0 Å². The highest BCUT2D eigenvalue weighted by Gasteiger charge is 2.38. The molecular formula is C19H28F3N3O5S. The number of nitrogens with one attached hydrogen (secondary N) is 1. The second kappa shape index (κ2) is 12.6. The quantitative estimate of drug-likeness (QED) is 0.605. The van der Waals surface area contributed by atoms with Crippen LogP contribution in [0, 0.1) is 0 Å². The molecule has 8 nitrogen and oxygen atoms in total. The number of benzene rings is 1. The van der Waals surface area contributed by atoms with Gasteiger partial charge in [0.15, 0.2) is 0 Å². The molecule has 1 heterocycles. The summed E-state index contributed by atoms with van der Waals surface area (Å²) in [6.45, 7) is 5.70. The van der Waals surface area contributed by atoms with E-state index in [-0.39, 0.29) is 23.8 Å². The second-order valence-electron chi connectivity index (χ2n) is 6.75. The lowest BCUT2D eigenvalue weighted by molar-refractivity contribution is -0.192. The zero-order valence-corrected chi connectivity index (χ0v) is 18.1. The number of piperazine rings is 1. The number of alkyl halides is 3. The molecule has 1 aliphatic rings. The molecular weight excluding hydrogens is 439 g/mol. The lowest BCUT2D eigenvalue weighted by Crippen LogP contribution is -2.47. The first-order chi connectivity index (χ1) is 14.5. The van der Waals surface area contributed by atoms with Gasteiger partial charge in [-0.25, -0.2) is 13.2 Å². The molecule has 2 rings (SSSR count). The third-order valence-electron chi connectivity index (χ3n) is 4.43. The first-order valence-corrected chi connectivity index (χ1v) is 11.3. The van der Waals surface area contributed by atoms with Gasteiger partial charge in [-0.1, -0.05) is 31.5 Å². The lowest BCUT2D eigenvalue weighted by Gasteiger charge is -2.28. The Bertz CT molecular complexity index is 798. The predicted octanol–water partition coefficient (Wildman–Crippen LogP) is 1.93. The fourth-order valence-electron chi connectivity index (χ4n) is 2.72. The van der Waals surface area contributed by atoms with Crippen molar-refractivity contribution in [3.8, 4) is 0 Å². The third kappa shape index (κ3) is 9.23. The van der Waals surface area contributed by atoms with E-state index in [2.05, 4.69) is 5.32 Å². The van der Waals surface area contributed by atoms with Crippen molar-refractivity contribution in [2.45, 2.75) is 37.3 Å². The minimum absolute atomic E-state index is 0.0289. The SMILES string of the molecule is CCCCN(CCC(=O)N1CCNCC1)S(=O)(=O)c1ccccc1.O=C(O)C(F)(F)F. The molecule has 12 heteroatoms. The largest absolute Gasteiger partial charge is 0.490 e. The number of nitrogens with zero attached hydrogens (tertiary/aromatic N) is 2. The standard InChI is InChI=1S/C17H27N3O3S.C2HF3O2/c1-2-3-12-20(24(22,23)16-7-5-4-6-8-16)13-9-17(21)19-14-10-18-11-15-19;3-2(4,5)1(6)7/h4-8,18H,2-3,9-15H2,1H3;(H,6,7). The summed E-state index contributed by atoms with van der Waals surface area (Å²) in [5.41, 5.74) is 0. The fraction of sp³-hybridized carbons (Fsp3) is 0.579. The van der Waals surface area contributed by atoms with Gasteiger partial charge in [0.2, 0.25) is 15.9 Å². The maximum atomic E-state index is 12.8. The number of aliphatic carboxylic acids is 1. The number of carboxylic acid groups (broad SMARTS) is 1. The van der Waals surface area contributed by atoms with E-state index in [9.17, 15) is 26.4 Å². The van der Waals surface area contributed by atoms with Crippen molar-refractivity contribution in [2.75, 3.05) is 39.3 Å². The van der Waals surface area contributed by atoms with Gasteiger partial charge in [0, 0.05) is 45.7 Å². The van der Waals surface area contributed by atoms with E-state index in [1.807, 2.05) is 11.8 Å². The summed E-state index contributed by atoms with van der Waals surface area (Å²) in [6, 6.07) is 8.44. The molecule has 31 heavy (non-hydrogen) atoms. The van der Waals surface area contributed by atoms with Crippen LogP contribution in [0.3, 0.4) is 0 Å². The topological polar surface area (TPSA) is 107 Å². The number of halogens is 3. The molecule has 0 radical (unpaired) electrons. The van der Waals surface area contributed by atoms with E-state index in [0.29, 0.717) is 19.6 Å². The van der Waals surface area contributed by atoms with Gasteiger partial charge in [-0.05, 0) is 18.6 Å². The van der Waals surface area contributed by atoms with Gasteiger partial charge in [-0.2, -0.15) is 17.5 Å². The predicted molar refractivity (Wildman–Crippen MR) is 108 cm³/mol. The van der Waals surface area contributed by atoms with E-state index in [1.54, 1.807) is 30.3 Å². The monoisotopic (exact) mass is 467 g/mol. The summed E-state index contributed by atoms with van der Waals surface area (Å²) < 4.78 is 58.8. The van der Waals surface area contributed by atoms with Gasteiger partial charge in [-0.15, -0.1) is 0 Å². The Morgan fingerprint density at radius 3 is 2.16 bits per heavy atom. The third-order valence-corrected chi connectivity index (χ3v) is 6.34. The molecule has 2 N–H and O–H groups in total. The van der Waals surface area contributed by atoms with Crippen molar-refractivity contribution in [1.29, 1.82) is 0 Å². The van der Waals surface area contributed by atoms with Crippen molar-refractivity contribution in [3.63, 3.8) is 0 Å². The van der Waals surface area contributed by atoms with Gasteiger partial charge in [0.05, 0.1) is 4.90 Å². The molecule has 1 aromatic rings. The highest BCUT2D eigenvalue weighted by atomic mass is 32.2. The summed E-state index contributed by atoms with van der Waals surface area (Å²) in [5, 5.41) is 10.3. The zero-order valence-electron chi connectivity index (χ0n) is 17.3. The minimum atomic E-state index is -5.08. The van der Waals surface area contributed by atoms with Gasteiger partial charge < -0.3 is 15.3 Å². The number of sulfonamides is 1. The van der Waals surface area contributed by atoms with E-state index in [1.165, 1.54) is 4.31 Å². The number of unbranched alkanes of at least 4 members (excludes halogenated alkanes) is 1. The maximum absolute atomic E-state index is 12.8. The van der Waals surface area contributed by atoms with Crippen LogP contribution in [-0.2, 0) is 19.6 Å². The molecule has 0 saturated carbocycles. The Kier molecular flexibility index (Phi) is 10.9. The first kappa shape index (κ1) is 26.9. The smallest absolute Gasteiger partial charge is 0.475 e. The number of rotatable bonds is 8. The fourth-order valence-corrected chi connectivity index (χ4v) is 4.22. The van der Waals surface area contributed by atoms with Crippen LogP contribution in [0.5, 0.6) is 0 Å². The highest BCUT2D eigenvalue weighted by Crippen LogP contribution is 2.17. The Morgan fingerprint density at radius 1 is 1.13 bits per heavy atom. The number of carbonyl (C=O) groups is 2. The van der Waals surface area contributed by atoms with Crippen LogP contribution >= 0.6 is 0 Å². The molecule has 0 aromatic heterocycles. The number of carbonyl (C=O) groups excluding carboxylic acids is 1. The molecule has 1 aromatic carbocycles. The van der Waals surface area contributed by atoms with Crippen LogP contribution in [0.2, 0.25) is 0 Å². The molecule has 0 atom stereocenters. The van der Waals surface area contributed by atoms with Gasteiger partial charge in [0.25, 0.3) is 0 Å². The molecule has 1 saturated heterocycles. The first-order valence-electron chi connectivity index (χ1n) is 9.84. The number of hydrogen-bond acceptors (Lipinski definition) is 5. The molecule has 1 fully saturated rings. The van der Waals surface area contributed by atoms with E-state index < -0.39 is 22.2 Å². The summed E-state index contributed by atoms with van der Waals surface area (Å²) >= 11 is 0. The minimum Gasteiger partial charge on any atom is -0.475 e. The molecule has 0 spiro atoms. The Morgan fingerprint density at radius 2 is 1.68 bits per heavy atom. The van der Waals surface area contributed by atoms with Crippen LogP contribution in [-0.4, -0.2) is 80.1 Å². The van der Waals surface area contributed by atoms with Crippen molar-refractivity contribution >= 4 is 21.9 Å². The zero-order chi connectivity index (χ0) is 23.5. The number of hydrogen-bond donors (Lipinski definition) is 2. The van der Waals surface area contributed by atoms with E-state index in [4.69, 9.17) is 9.90 Å². The number of carboxylic acids is 1. The molecule has 1 aliphatic heterocycles. The van der Waals surface area contributed by atoms with Crippen molar-refractivity contribution in [1.82, 2.24) is 14.5 Å². The summed E-state index contributed by atoms with van der Waals surface area (Å²) in [4.78, 5) is 23.3. The Hall–Kier alpha value is -2.18. The molecule has 0 aliphatic carbocycles. The van der Waals surface area contributed by atoms with Crippen molar-refractivity contribution < 1.29 is 36.3 Å². The molecule has 1 amide bonds. The average molecular weight is 468 g/mol. The molecule has 176 valence electrons. The lowest BCUT2D eigenvalue weighted by atomic mass is 10.3. The van der Waals surface area contributed by atoms with Gasteiger partial charge in [0.1, 0.15) is 0 Å². The van der Waals surface area contributed by atoms with Gasteiger partial charge in [-0.3, -0.25) is 4.79 Å². The van der Waals surface area contributed by atoms with Crippen LogP contribution in [0.1, 0.15) is 26.2 Å². The molecule has 0 bridgehead atoms. The summed E-state index contributed by atoms with van der Waals surface area (Å²) in [5.74, 6) is -2.73. The van der Waals surface area contributed by atoms with Crippen LogP contribution in [0.4, 0.5) is 13.2 Å². The van der Waals surface area contributed by atoms with E-state index >= 15 is 0 Å². The normalized spacial score (nSPS) is 14.7. The van der Waals surface area contributed by atoms with Crippen molar-refractivity contribution in [3.05, 3.63) is 30.3 Å². The van der Waals surface area contributed by atoms with Crippen LogP contribution in [0.15, 0.2) is 35.2 Å². The average Bonchev–Trinajstić information content (AvgIpc) is 2.74.